The fraction of sp³-hybridized carbons (Fsp3) is 0.286. The fourth-order valence-corrected chi connectivity index (χ4v) is 4.22. The van der Waals surface area contributed by atoms with Crippen molar-refractivity contribution in [1.29, 1.82) is 0 Å². The lowest BCUT2D eigenvalue weighted by Gasteiger charge is -2.13. The molecule has 2 aliphatic rings. The lowest BCUT2D eigenvalue weighted by Crippen LogP contribution is -2.14. The van der Waals surface area contributed by atoms with E-state index in [-0.39, 0.29) is 30.9 Å². The van der Waals surface area contributed by atoms with Crippen LogP contribution in [0.4, 0.5) is 8.78 Å². The third-order valence-corrected chi connectivity index (χ3v) is 5.47. The first-order chi connectivity index (χ1) is 13.1. The van der Waals surface area contributed by atoms with Gasteiger partial charge in [0.15, 0.2) is 5.78 Å². The normalized spacial score (nSPS) is 19.6. The summed E-state index contributed by atoms with van der Waals surface area (Å²) in [6.07, 6.45) is 1.96. The van der Waals surface area contributed by atoms with Crippen LogP contribution in [0, 0.1) is 11.6 Å². The SMILES string of the molecule is O=C1COCc2c(-c3ccc(C4CCCN4)c(F)c3)[nH]c3cc(F)cc1c23. The molecule has 1 unspecified atom stereocenters. The third-order valence-electron chi connectivity index (χ3n) is 5.47. The Morgan fingerprint density at radius 2 is 2.00 bits per heavy atom. The molecular formula is C21H18F2N2O2. The summed E-state index contributed by atoms with van der Waals surface area (Å²) in [4.78, 5) is 15.4. The van der Waals surface area contributed by atoms with Crippen molar-refractivity contribution in [3.8, 4) is 11.3 Å². The van der Waals surface area contributed by atoms with Gasteiger partial charge < -0.3 is 15.0 Å². The van der Waals surface area contributed by atoms with E-state index >= 15 is 0 Å². The zero-order valence-corrected chi connectivity index (χ0v) is 14.6. The number of ketones is 1. The lowest BCUT2D eigenvalue weighted by molar-refractivity contribution is 0.0742. The molecule has 4 nitrogen and oxygen atoms in total. The summed E-state index contributed by atoms with van der Waals surface area (Å²) in [7, 11) is 0. The number of Topliss-reactive ketones (excluding diaryl/α,β-unsaturated/α-hetero) is 1. The first-order valence-electron chi connectivity index (χ1n) is 9.10. The van der Waals surface area contributed by atoms with Gasteiger partial charge in [0.25, 0.3) is 0 Å². The van der Waals surface area contributed by atoms with E-state index in [2.05, 4.69) is 10.3 Å². The molecule has 0 bridgehead atoms. The van der Waals surface area contributed by atoms with Crippen LogP contribution in [-0.4, -0.2) is 23.9 Å². The van der Waals surface area contributed by atoms with E-state index in [1.165, 1.54) is 18.2 Å². The largest absolute Gasteiger partial charge is 0.369 e. The number of benzene rings is 2. The molecule has 0 saturated carbocycles. The Kier molecular flexibility index (Phi) is 3.84. The van der Waals surface area contributed by atoms with Crippen molar-refractivity contribution >= 4 is 16.7 Å². The number of aromatic nitrogens is 1. The predicted octanol–water partition coefficient (Wildman–Crippen LogP) is 4.25. The molecule has 3 heterocycles. The number of hydrogen-bond acceptors (Lipinski definition) is 3. The van der Waals surface area contributed by atoms with Gasteiger partial charge in [0.1, 0.15) is 18.2 Å². The van der Waals surface area contributed by atoms with Crippen LogP contribution in [0.15, 0.2) is 30.3 Å². The number of aromatic amines is 1. The number of halogens is 2. The van der Waals surface area contributed by atoms with Gasteiger partial charge in [-0.1, -0.05) is 12.1 Å². The second-order valence-corrected chi connectivity index (χ2v) is 7.16. The van der Waals surface area contributed by atoms with E-state index in [9.17, 15) is 13.6 Å². The van der Waals surface area contributed by atoms with Crippen LogP contribution >= 0.6 is 0 Å². The minimum atomic E-state index is -0.485. The second kappa shape index (κ2) is 6.25. The predicted molar refractivity (Wildman–Crippen MR) is 97.6 cm³/mol. The summed E-state index contributed by atoms with van der Waals surface area (Å²) in [5.41, 5.74) is 3.58. The van der Waals surface area contributed by atoms with Crippen molar-refractivity contribution in [3.63, 3.8) is 0 Å². The first-order valence-corrected chi connectivity index (χ1v) is 9.10. The molecule has 1 fully saturated rings. The number of ether oxygens (including phenoxy) is 1. The van der Waals surface area contributed by atoms with Crippen molar-refractivity contribution in [1.82, 2.24) is 10.3 Å². The molecule has 3 aromatic rings. The monoisotopic (exact) mass is 368 g/mol. The van der Waals surface area contributed by atoms with E-state index in [1.807, 2.05) is 6.07 Å². The quantitative estimate of drug-likeness (QED) is 0.711. The molecule has 2 aliphatic heterocycles. The van der Waals surface area contributed by atoms with Gasteiger partial charge in [0, 0.05) is 39.2 Å². The van der Waals surface area contributed by atoms with Crippen LogP contribution in [0.5, 0.6) is 0 Å². The van der Waals surface area contributed by atoms with Crippen LogP contribution in [-0.2, 0) is 11.3 Å². The fourth-order valence-electron chi connectivity index (χ4n) is 4.22. The van der Waals surface area contributed by atoms with Gasteiger partial charge >= 0.3 is 0 Å². The van der Waals surface area contributed by atoms with Crippen LogP contribution in [0.2, 0.25) is 0 Å². The van der Waals surface area contributed by atoms with Crippen LogP contribution in [0.3, 0.4) is 0 Å². The van der Waals surface area contributed by atoms with Gasteiger partial charge in [-0.15, -0.1) is 0 Å². The number of rotatable bonds is 2. The molecule has 1 aromatic heterocycles. The van der Waals surface area contributed by atoms with Crippen LogP contribution in [0.25, 0.3) is 22.2 Å². The van der Waals surface area contributed by atoms with Gasteiger partial charge in [-0.3, -0.25) is 4.79 Å². The Hall–Kier alpha value is -2.57. The molecule has 27 heavy (non-hydrogen) atoms. The zero-order chi connectivity index (χ0) is 18.5. The average molecular weight is 368 g/mol. The van der Waals surface area contributed by atoms with E-state index < -0.39 is 5.82 Å². The minimum absolute atomic E-state index is 0.0463. The van der Waals surface area contributed by atoms with E-state index in [0.29, 0.717) is 33.3 Å². The molecule has 0 radical (unpaired) electrons. The molecule has 2 aromatic carbocycles. The number of carbonyl (C=O) groups excluding carboxylic acids is 1. The zero-order valence-electron chi connectivity index (χ0n) is 14.6. The van der Waals surface area contributed by atoms with E-state index in [1.54, 1.807) is 6.07 Å². The highest BCUT2D eigenvalue weighted by molar-refractivity contribution is 6.11. The summed E-state index contributed by atoms with van der Waals surface area (Å²) < 4.78 is 34.2. The lowest BCUT2D eigenvalue weighted by atomic mass is 9.98. The first kappa shape index (κ1) is 16.6. The van der Waals surface area contributed by atoms with Gasteiger partial charge in [0.05, 0.1) is 12.3 Å². The Morgan fingerprint density at radius 3 is 2.78 bits per heavy atom. The average Bonchev–Trinajstić information content (AvgIpc) is 3.25. The summed E-state index contributed by atoms with van der Waals surface area (Å²) in [5, 5.41) is 3.97. The summed E-state index contributed by atoms with van der Waals surface area (Å²) in [6.45, 7) is 1.03. The van der Waals surface area contributed by atoms with Crippen LogP contribution < -0.4 is 5.32 Å². The van der Waals surface area contributed by atoms with Crippen molar-refractivity contribution in [2.75, 3.05) is 13.2 Å². The highest BCUT2D eigenvalue weighted by atomic mass is 19.1. The molecule has 0 amide bonds. The van der Waals surface area contributed by atoms with E-state index in [4.69, 9.17) is 4.74 Å². The molecule has 0 spiro atoms. The second-order valence-electron chi connectivity index (χ2n) is 7.16. The maximum atomic E-state index is 14.8. The smallest absolute Gasteiger partial charge is 0.189 e. The molecule has 6 heteroatoms. The third kappa shape index (κ3) is 2.67. The Balaban J connectivity index is 1.67. The van der Waals surface area contributed by atoms with E-state index in [0.717, 1.165) is 24.9 Å². The molecule has 2 N–H and O–H groups in total. The summed E-state index contributed by atoms with van der Waals surface area (Å²) in [6, 6.07) is 7.82. The standard InChI is InChI=1S/C21H18F2N2O2/c22-12-7-14-19(26)10-27-9-15-20(14)18(8-12)25-21(15)11-3-4-13(16(23)6-11)17-2-1-5-24-17/h3-4,6-8,17,24-25H,1-2,5,9-10H2. The maximum absolute atomic E-state index is 14.8. The number of H-pyrrole nitrogens is 1. The molecule has 1 saturated heterocycles. The molecule has 5 rings (SSSR count). The van der Waals surface area contributed by atoms with Gasteiger partial charge in [-0.25, -0.2) is 8.78 Å². The van der Waals surface area contributed by atoms with Crippen molar-refractivity contribution < 1.29 is 18.3 Å². The van der Waals surface area contributed by atoms with Crippen molar-refractivity contribution in [3.05, 3.63) is 58.7 Å². The highest BCUT2D eigenvalue weighted by Crippen LogP contribution is 2.37. The molecule has 0 aliphatic carbocycles. The molecule has 138 valence electrons. The van der Waals surface area contributed by atoms with Crippen molar-refractivity contribution in [2.24, 2.45) is 0 Å². The topological polar surface area (TPSA) is 54.1 Å². The Labute approximate surface area is 154 Å². The highest BCUT2D eigenvalue weighted by Gasteiger charge is 2.25. The number of hydrogen-bond donors (Lipinski definition) is 2. The number of carbonyl (C=O) groups is 1. The van der Waals surface area contributed by atoms with Gasteiger partial charge in [0.2, 0.25) is 0 Å². The Bertz CT molecular complexity index is 1070. The summed E-state index contributed by atoms with van der Waals surface area (Å²) in [5.74, 6) is -1.01. The molecule has 1 atom stereocenters. The molecular weight excluding hydrogens is 350 g/mol. The van der Waals surface area contributed by atoms with Crippen molar-refractivity contribution in [2.45, 2.75) is 25.5 Å². The van der Waals surface area contributed by atoms with Crippen LogP contribution in [0.1, 0.15) is 40.4 Å². The van der Waals surface area contributed by atoms with Gasteiger partial charge in [-0.2, -0.15) is 0 Å². The Morgan fingerprint density at radius 1 is 1.11 bits per heavy atom. The van der Waals surface area contributed by atoms with Gasteiger partial charge in [-0.05, 0) is 37.6 Å². The minimum Gasteiger partial charge on any atom is -0.369 e. The summed E-state index contributed by atoms with van der Waals surface area (Å²) >= 11 is 0. The maximum Gasteiger partial charge on any atom is 0.189 e. The number of nitrogens with one attached hydrogen (secondary N) is 2.